The molecule has 4 aromatic rings. The van der Waals surface area contributed by atoms with E-state index in [9.17, 15) is 4.79 Å². The molecule has 0 saturated heterocycles. The minimum atomic E-state index is -0.161. The molecule has 2 heterocycles. The van der Waals surface area contributed by atoms with Gasteiger partial charge < -0.3 is 20.9 Å². The summed E-state index contributed by atoms with van der Waals surface area (Å²) in [5.41, 5.74) is 11.3. The molecule has 0 spiro atoms. The van der Waals surface area contributed by atoms with Crippen molar-refractivity contribution in [2.45, 2.75) is 6.92 Å². The second-order valence-corrected chi connectivity index (χ2v) is 8.48. The number of imidazole rings is 1. The third kappa shape index (κ3) is 4.40. The minimum absolute atomic E-state index is 0.161. The predicted molar refractivity (Wildman–Crippen MR) is 135 cm³/mol. The van der Waals surface area contributed by atoms with Gasteiger partial charge >= 0.3 is 5.69 Å². The van der Waals surface area contributed by atoms with Crippen molar-refractivity contribution in [2.24, 2.45) is 7.05 Å². The first-order chi connectivity index (χ1) is 15.8. The quantitative estimate of drug-likeness (QED) is 0.421. The first-order valence-corrected chi connectivity index (χ1v) is 10.8. The van der Waals surface area contributed by atoms with Gasteiger partial charge in [0.2, 0.25) is 5.95 Å². The van der Waals surface area contributed by atoms with E-state index in [2.05, 4.69) is 45.2 Å². The molecule has 0 aliphatic rings. The SMILES string of the molecule is Cc1cc(N(C)CCN(C)C)c(N)cc1Nc1nccc(-n2c(=O)n(C)c3ccccc32)n1. The monoisotopic (exact) mass is 446 g/mol. The van der Waals surface area contributed by atoms with Crippen LogP contribution in [0.2, 0.25) is 0 Å². The summed E-state index contributed by atoms with van der Waals surface area (Å²) in [5, 5.41) is 3.26. The smallest absolute Gasteiger partial charge is 0.334 e. The summed E-state index contributed by atoms with van der Waals surface area (Å²) >= 11 is 0. The normalized spacial score (nSPS) is 11.3. The molecule has 172 valence electrons. The number of hydrogen-bond acceptors (Lipinski definition) is 7. The molecule has 4 rings (SSSR count). The molecule has 0 saturated carbocycles. The van der Waals surface area contributed by atoms with Crippen LogP contribution in [0.5, 0.6) is 0 Å². The number of hydrogen-bond donors (Lipinski definition) is 2. The molecule has 2 aromatic carbocycles. The van der Waals surface area contributed by atoms with Crippen molar-refractivity contribution >= 4 is 34.0 Å². The number of anilines is 4. The average Bonchev–Trinajstić information content (AvgIpc) is 3.05. The molecule has 0 unspecified atom stereocenters. The molecule has 0 aliphatic heterocycles. The van der Waals surface area contributed by atoms with Crippen molar-refractivity contribution < 1.29 is 0 Å². The number of aryl methyl sites for hydroxylation is 2. The Morgan fingerprint density at radius 2 is 1.79 bits per heavy atom. The second-order valence-electron chi connectivity index (χ2n) is 8.48. The Hall–Kier alpha value is -3.85. The highest BCUT2D eigenvalue weighted by Gasteiger charge is 2.15. The molecular formula is C24H30N8O. The fraction of sp³-hybridized carbons (Fsp3) is 0.292. The number of nitrogens with zero attached hydrogens (tertiary/aromatic N) is 6. The van der Waals surface area contributed by atoms with Gasteiger partial charge in [-0.25, -0.2) is 14.3 Å². The number of nitrogens with one attached hydrogen (secondary N) is 1. The molecule has 0 amide bonds. The van der Waals surface area contributed by atoms with Crippen LogP contribution in [-0.2, 0) is 7.05 Å². The molecule has 2 aromatic heterocycles. The number of fused-ring (bicyclic) bond motifs is 1. The van der Waals surface area contributed by atoms with E-state index in [1.807, 2.05) is 44.3 Å². The molecule has 0 bridgehead atoms. The zero-order valence-corrected chi connectivity index (χ0v) is 19.7. The fourth-order valence-electron chi connectivity index (χ4n) is 3.81. The van der Waals surface area contributed by atoms with Crippen LogP contribution in [0.15, 0.2) is 53.5 Å². The molecule has 0 fully saturated rings. The van der Waals surface area contributed by atoms with Gasteiger partial charge in [-0.1, -0.05) is 12.1 Å². The first kappa shape index (κ1) is 22.3. The Morgan fingerprint density at radius 3 is 2.52 bits per heavy atom. The van der Waals surface area contributed by atoms with E-state index < -0.39 is 0 Å². The van der Waals surface area contributed by atoms with Gasteiger partial charge in [0.1, 0.15) is 5.82 Å². The number of aromatic nitrogens is 4. The summed E-state index contributed by atoms with van der Waals surface area (Å²) in [6.45, 7) is 3.82. The first-order valence-electron chi connectivity index (χ1n) is 10.8. The highest BCUT2D eigenvalue weighted by Crippen LogP contribution is 2.30. The number of rotatable bonds is 7. The Balaban J connectivity index is 1.65. The Bertz CT molecular complexity index is 1350. The maximum atomic E-state index is 12.9. The number of benzene rings is 2. The van der Waals surface area contributed by atoms with Gasteiger partial charge in [-0.05, 0) is 50.8 Å². The van der Waals surface area contributed by atoms with Crippen LogP contribution in [-0.4, -0.2) is 58.2 Å². The van der Waals surface area contributed by atoms with E-state index in [1.165, 1.54) is 0 Å². The van der Waals surface area contributed by atoms with Crippen molar-refractivity contribution in [1.29, 1.82) is 0 Å². The van der Waals surface area contributed by atoms with Crippen LogP contribution in [0.4, 0.5) is 23.0 Å². The summed E-state index contributed by atoms with van der Waals surface area (Å²) in [6, 6.07) is 13.3. The molecular weight excluding hydrogens is 416 g/mol. The Morgan fingerprint density at radius 1 is 1.06 bits per heavy atom. The van der Waals surface area contributed by atoms with E-state index in [0.29, 0.717) is 17.5 Å². The fourth-order valence-corrected chi connectivity index (χ4v) is 3.81. The summed E-state index contributed by atoms with van der Waals surface area (Å²) in [7, 11) is 7.90. The second kappa shape index (κ2) is 8.95. The van der Waals surface area contributed by atoms with Crippen LogP contribution in [0, 0.1) is 6.92 Å². The summed E-state index contributed by atoms with van der Waals surface area (Å²) in [6.07, 6.45) is 1.64. The zero-order valence-electron chi connectivity index (χ0n) is 19.7. The average molecular weight is 447 g/mol. The van der Waals surface area contributed by atoms with E-state index in [0.717, 1.165) is 41.1 Å². The van der Waals surface area contributed by atoms with Gasteiger partial charge in [-0.15, -0.1) is 0 Å². The van der Waals surface area contributed by atoms with Crippen molar-refractivity contribution in [3.05, 3.63) is 64.7 Å². The third-order valence-corrected chi connectivity index (χ3v) is 5.75. The van der Waals surface area contributed by atoms with Crippen molar-refractivity contribution in [3.63, 3.8) is 0 Å². The molecule has 0 aliphatic carbocycles. The molecule has 9 heteroatoms. The van der Waals surface area contributed by atoms with Crippen LogP contribution in [0.25, 0.3) is 16.9 Å². The lowest BCUT2D eigenvalue weighted by atomic mass is 10.1. The van der Waals surface area contributed by atoms with E-state index in [4.69, 9.17) is 5.73 Å². The van der Waals surface area contributed by atoms with Crippen molar-refractivity contribution in [1.82, 2.24) is 24.0 Å². The third-order valence-electron chi connectivity index (χ3n) is 5.75. The minimum Gasteiger partial charge on any atom is -0.397 e. The summed E-state index contributed by atoms with van der Waals surface area (Å²) in [4.78, 5) is 26.1. The van der Waals surface area contributed by atoms with Gasteiger partial charge in [0.05, 0.1) is 22.4 Å². The van der Waals surface area contributed by atoms with Crippen LogP contribution >= 0.6 is 0 Å². The zero-order chi connectivity index (χ0) is 23.7. The highest BCUT2D eigenvalue weighted by atomic mass is 16.1. The lowest BCUT2D eigenvalue weighted by Crippen LogP contribution is -2.29. The van der Waals surface area contributed by atoms with Gasteiger partial charge in [-0.2, -0.15) is 4.98 Å². The number of para-hydroxylation sites is 2. The van der Waals surface area contributed by atoms with Crippen molar-refractivity contribution in [2.75, 3.05) is 50.2 Å². The van der Waals surface area contributed by atoms with Gasteiger partial charge in [0.15, 0.2) is 0 Å². The molecule has 33 heavy (non-hydrogen) atoms. The Labute approximate surface area is 193 Å². The van der Waals surface area contributed by atoms with Gasteiger partial charge in [0, 0.05) is 45.1 Å². The molecule has 0 radical (unpaired) electrons. The standard InChI is InChI=1S/C24H30N8O/c1-16-14-21(30(4)13-12-29(2)3)17(25)15-18(16)27-23-26-11-10-22(28-23)32-20-9-7-6-8-19(20)31(5)24(32)33/h6-11,14-15H,12-13,25H2,1-5H3,(H,26,27,28). The Kier molecular flexibility index (Phi) is 6.06. The van der Waals surface area contributed by atoms with Crippen LogP contribution in [0.1, 0.15) is 5.56 Å². The topological polar surface area (TPSA) is 97.2 Å². The lowest BCUT2D eigenvalue weighted by molar-refractivity contribution is 0.416. The van der Waals surface area contributed by atoms with E-state index in [1.54, 1.807) is 28.4 Å². The molecule has 9 nitrogen and oxygen atoms in total. The van der Waals surface area contributed by atoms with E-state index >= 15 is 0 Å². The van der Waals surface area contributed by atoms with Crippen molar-refractivity contribution in [3.8, 4) is 5.82 Å². The maximum absolute atomic E-state index is 12.9. The largest absolute Gasteiger partial charge is 0.397 e. The summed E-state index contributed by atoms with van der Waals surface area (Å²) < 4.78 is 3.20. The van der Waals surface area contributed by atoms with E-state index in [-0.39, 0.29) is 5.69 Å². The maximum Gasteiger partial charge on any atom is 0.334 e. The highest BCUT2D eigenvalue weighted by molar-refractivity contribution is 5.78. The van der Waals surface area contributed by atoms with Gasteiger partial charge in [0.25, 0.3) is 0 Å². The number of nitrogens with two attached hydrogens (primary N) is 1. The molecule has 0 atom stereocenters. The molecule has 3 N–H and O–H groups in total. The van der Waals surface area contributed by atoms with Crippen LogP contribution < -0.4 is 21.6 Å². The number of nitrogen functional groups attached to an aromatic ring is 1. The van der Waals surface area contributed by atoms with Crippen LogP contribution in [0.3, 0.4) is 0 Å². The number of likely N-dealkylation sites (N-methyl/N-ethyl adjacent to an activating group) is 2. The summed E-state index contributed by atoms with van der Waals surface area (Å²) in [5.74, 6) is 0.892. The van der Waals surface area contributed by atoms with Gasteiger partial charge in [-0.3, -0.25) is 4.57 Å². The predicted octanol–water partition coefficient (Wildman–Crippen LogP) is 2.75. The lowest BCUT2D eigenvalue weighted by Gasteiger charge is -2.24.